The quantitative estimate of drug-likeness (QED) is 0.785. The van der Waals surface area contributed by atoms with Crippen LogP contribution in [0.4, 0.5) is 10.9 Å². The Bertz CT molecular complexity index is 909. The summed E-state index contributed by atoms with van der Waals surface area (Å²) in [4.78, 5) is 28.6. The van der Waals surface area contributed by atoms with Gasteiger partial charge in [0.25, 0.3) is 5.91 Å². The van der Waals surface area contributed by atoms with Gasteiger partial charge in [0.05, 0.1) is 12.2 Å². The Morgan fingerprint density at radius 1 is 1.24 bits per heavy atom. The maximum atomic E-state index is 12.6. The summed E-state index contributed by atoms with van der Waals surface area (Å²) in [6.45, 7) is 3.22. The summed E-state index contributed by atoms with van der Waals surface area (Å²) in [6.07, 6.45) is 2.31. The zero-order valence-corrected chi connectivity index (χ0v) is 14.6. The number of nitrogens with zero attached hydrogens (tertiary/aromatic N) is 4. The van der Waals surface area contributed by atoms with E-state index in [1.165, 1.54) is 6.33 Å². The molecule has 2 aromatic heterocycles. The molecule has 0 aliphatic carbocycles. The standard InChI is InChI=1S/C18H17N5OS/c1-12-9-16(20-11-19-12)22-18-21-14-7-8-23(10-15(14)25-18)17(24)13-5-3-2-4-6-13/h2-6,9,11H,7-8,10H2,1H3,(H,19,20,21,22). The molecule has 4 rings (SSSR count). The smallest absolute Gasteiger partial charge is 0.254 e. The number of anilines is 2. The van der Waals surface area contributed by atoms with Crippen molar-refractivity contribution in [1.82, 2.24) is 19.9 Å². The van der Waals surface area contributed by atoms with Gasteiger partial charge in [-0.1, -0.05) is 29.5 Å². The molecule has 6 nitrogen and oxygen atoms in total. The highest BCUT2D eigenvalue weighted by molar-refractivity contribution is 7.15. The van der Waals surface area contributed by atoms with Gasteiger partial charge < -0.3 is 10.2 Å². The third kappa shape index (κ3) is 3.36. The van der Waals surface area contributed by atoms with Crippen molar-refractivity contribution in [1.29, 1.82) is 0 Å². The van der Waals surface area contributed by atoms with Crippen LogP contribution in [0.5, 0.6) is 0 Å². The lowest BCUT2D eigenvalue weighted by Gasteiger charge is -2.26. The van der Waals surface area contributed by atoms with Crippen LogP contribution < -0.4 is 5.32 Å². The lowest BCUT2D eigenvalue weighted by molar-refractivity contribution is 0.0736. The van der Waals surface area contributed by atoms with Crippen LogP contribution in [0.15, 0.2) is 42.7 Å². The van der Waals surface area contributed by atoms with Gasteiger partial charge in [0, 0.05) is 35.2 Å². The van der Waals surface area contributed by atoms with Gasteiger partial charge in [-0.2, -0.15) is 0 Å². The van der Waals surface area contributed by atoms with Gasteiger partial charge in [0.1, 0.15) is 12.1 Å². The molecule has 0 bridgehead atoms. The van der Waals surface area contributed by atoms with Gasteiger partial charge in [-0.25, -0.2) is 15.0 Å². The Morgan fingerprint density at radius 3 is 2.88 bits per heavy atom. The molecule has 3 heterocycles. The van der Waals surface area contributed by atoms with Crippen molar-refractivity contribution in [2.45, 2.75) is 19.9 Å². The van der Waals surface area contributed by atoms with Crippen molar-refractivity contribution < 1.29 is 4.79 Å². The molecule has 0 saturated heterocycles. The minimum Gasteiger partial charge on any atom is -0.333 e. The number of carbonyl (C=O) groups excluding carboxylic acids is 1. The fourth-order valence-electron chi connectivity index (χ4n) is 2.82. The maximum Gasteiger partial charge on any atom is 0.254 e. The molecule has 1 aliphatic rings. The summed E-state index contributed by atoms with van der Waals surface area (Å²) in [5, 5.41) is 4.03. The molecule has 0 fully saturated rings. The third-order valence-corrected chi connectivity index (χ3v) is 5.08. The normalized spacial score (nSPS) is 13.4. The van der Waals surface area contributed by atoms with Gasteiger partial charge in [-0.05, 0) is 19.1 Å². The van der Waals surface area contributed by atoms with Crippen LogP contribution in [-0.4, -0.2) is 32.3 Å². The number of nitrogens with one attached hydrogen (secondary N) is 1. The molecule has 0 atom stereocenters. The van der Waals surface area contributed by atoms with Crippen molar-refractivity contribution in [3.63, 3.8) is 0 Å². The Labute approximate surface area is 149 Å². The molecule has 1 amide bonds. The van der Waals surface area contributed by atoms with Crippen LogP contribution >= 0.6 is 11.3 Å². The first-order valence-electron chi connectivity index (χ1n) is 8.07. The van der Waals surface area contributed by atoms with Gasteiger partial charge in [-0.15, -0.1) is 0 Å². The largest absolute Gasteiger partial charge is 0.333 e. The number of aryl methyl sites for hydroxylation is 1. The van der Waals surface area contributed by atoms with Crippen LogP contribution in [0.25, 0.3) is 0 Å². The van der Waals surface area contributed by atoms with E-state index in [9.17, 15) is 4.79 Å². The van der Waals surface area contributed by atoms with E-state index in [1.54, 1.807) is 11.3 Å². The van der Waals surface area contributed by atoms with Crippen molar-refractivity contribution in [3.8, 4) is 0 Å². The molecule has 126 valence electrons. The molecular weight excluding hydrogens is 334 g/mol. The van der Waals surface area contributed by atoms with E-state index in [-0.39, 0.29) is 5.91 Å². The summed E-state index contributed by atoms with van der Waals surface area (Å²) in [5.41, 5.74) is 2.69. The molecule has 1 aliphatic heterocycles. The second kappa shape index (κ2) is 6.60. The van der Waals surface area contributed by atoms with Crippen LogP contribution in [0, 0.1) is 6.92 Å². The molecule has 25 heavy (non-hydrogen) atoms. The number of rotatable bonds is 3. The number of benzene rings is 1. The summed E-state index contributed by atoms with van der Waals surface area (Å²) in [5.74, 6) is 0.802. The van der Waals surface area contributed by atoms with E-state index in [0.717, 1.165) is 39.2 Å². The highest BCUT2D eigenvalue weighted by atomic mass is 32.1. The predicted molar refractivity (Wildman–Crippen MR) is 97.1 cm³/mol. The second-order valence-electron chi connectivity index (χ2n) is 5.90. The summed E-state index contributed by atoms with van der Waals surface area (Å²) >= 11 is 1.58. The Hall–Kier alpha value is -2.80. The Morgan fingerprint density at radius 2 is 2.08 bits per heavy atom. The number of thiazole rings is 1. The van der Waals surface area contributed by atoms with E-state index in [2.05, 4.69) is 20.3 Å². The minimum absolute atomic E-state index is 0.0700. The summed E-state index contributed by atoms with van der Waals surface area (Å²) < 4.78 is 0. The van der Waals surface area contributed by atoms with Crippen LogP contribution in [0.2, 0.25) is 0 Å². The van der Waals surface area contributed by atoms with Gasteiger partial charge in [0.15, 0.2) is 5.13 Å². The SMILES string of the molecule is Cc1cc(Nc2nc3c(s2)CN(C(=O)c2ccccc2)CC3)ncn1. The van der Waals surface area contributed by atoms with Crippen molar-refractivity contribution in [2.24, 2.45) is 0 Å². The number of carbonyl (C=O) groups is 1. The zero-order valence-electron chi connectivity index (χ0n) is 13.8. The minimum atomic E-state index is 0.0700. The van der Waals surface area contributed by atoms with E-state index in [4.69, 9.17) is 0 Å². The first-order chi connectivity index (χ1) is 12.2. The van der Waals surface area contributed by atoms with Gasteiger partial charge in [0.2, 0.25) is 0 Å². The first-order valence-corrected chi connectivity index (χ1v) is 8.89. The highest BCUT2D eigenvalue weighted by Crippen LogP contribution is 2.30. The van der Waals surface area contributed by atoms with Crippen LogP contribution in [0.3, 0.4) is 0 Å². The first kappa shape index (κ1) is 15.7. The van der Waals surface area contributed by atoms with Crippen LogP contribution in [-0.2, 0) is 13.0 Å². The molecule has 0 saturated carbocycles. The predicted octanol–water partition coefficient (Wildman–Crippen LogP) is 3.18. The Balaban J connectivity index is 1.50. The molecule has 3 aromatic rings. The molecule has 1 aromatic carbocycles. The number of hydrogen-bond acceptors (Lipinski definition) is 6. The van der Waals surface area contributed by atoms with E-state index >= 15 is 0 Å². The van der Waals surface area contributed by atoms with Crippen LogP contribution in [0.1, 0.15) is 26.6 Å². The topological polar surface area (TPSA) is 71.0 Å². The van der Waals surface area contributed by atoms with E-state index in [0.29, 0.717) is 13.1 Å². The number of hydrogen-bond donors (Lipinski definition) is 1. The third-order valence-electron chi connectivity index (χ3n) is 4.08. The van der Waals surface area contributed by atoms with E-state index in [1.807, 2.05) is 48.2 Å². The highest BCUT2D eigenvalue weighted by Gasteiger charge is 2.24. The number of amides is 1. The molecule has 1 N–H and O–H groups in total. The second-order valence-corrected chi connectivity index (χ2v) is 6.98. The van der Waals surface area contributed by atoms with Gasteiger partial charge in [-0.3, -0.25) is 4.79 Å². The fraction of sp³-hybridized carbons (Fsp3) is 0.222. The molecule has 0 radical (unpaired) electrons. The van der Waals surface area contributed by atoms with Crippen molar-refractivity contribution in [2.75, 3.05) is 11.9 Å². The average molecular weight is 351 g/mol. The monoisotopic (exact) mass is 351 g/mol. The van der Waals surface area contributed by atoms with E-state index < -0.39 is 0 Å². The number of aromatic nitrogens is 3. The molecule has 0 spiro atoms. The number of fused-ring (bicyclic) bond motifs is 1. The summed E-state index contributed by atoms with van der Waals surface area (Å²) in [6, 6.07) is 11.3. The fourth-order valence-corrected chi connectivity index (χ4v) is 3.85. The summed E-state index contributed by atoms with van der Waals surface area (Å²) in [7, 11) is 0. The van der Waals surface area contributed by atoms with Crippen molar-refractivity contribution in [3.05, 3.63) is 64.6 Å². The molecular formula is C18H17N5OS. The average Bonchev–Trinajstić information content (AvgIpc) is 3.03. The lowest BCUT2D eigenvalue weighted by atomic mass is 10.1. The lowest BCUT2D eigenvalue weighted by Crippen LogP contribution is -2.35. The molecule has 0 unspecified atom stereocenters. The Kier molecular flexibility index (Phi) is 4.15. The van der Waals surface area contributed by atoms with Crippen molar-refractivity contribution >= 4 is 28.2 Å². The zero-order chi connectivity index (χ0) is 17.2. The van der Waals surface area contributed by atoms with Gasteiger partial charge >= 0.3 is 0 Å². The maximum absolute atomic E-state index is 12.6. The molecule has 7 heteroatoms.